The van der Waals surface area contributed by atoms with Crippen molar-refractivity contribution in [3.63, 3.8) is 0 Å². The molecule has 0 heterocycles. The summed E-state index contributed by atoms with van der Waals surface area (Å²) in [5.41, 5.74) is 2.12. The molecular weight excluding hydrogens is 244 g/mol. The highest BCUT2D eigenvalue weighted by Crippen LogP contribution is 2.13. The van der Waals surface area contributed by atoms with Gasteiger partial charge < -0.3 is 10.6 Å². The smallest absolute Gasteiger partial charge is 0.238 e. The van der Waals surface area contributed by atoms with Gasteiger partial charge >= 0.3 is 0 Å². The first kappa shape index (κ1) is 15.3. The van der Waals surface area contributed by atoms with Crippen LogP contribution in [-0.2, 0) is 10.5 Å². The monoisotopic (exact) mass is 260 g/mol. The molecule has 1 aromatic carbocycles. The van der Waals surface area contributed by atoms with E-state index in [0.717, 1.165) is 11.4 Å². The van der Waals surface area contributed by atoms with Gasteiger partial charge in [0.05, 0.1) is 6.54 Å². The molecule has 2 N–H and O–H groups in total. The molecule has 0 aromatic heterocycles. The Hall–Kier alpha value is -0.710. The van der Waals surface area contributed by atoms with Gasteiger partial charge in [0.2, 0.25) is 5.91 Å². The summed E-state index contributed by atoms with van der Waals surface area (Å²) in [4.78, 5) is 11.2. The Kier molecular flexibility index (Phi) is 8.07. The number of rotatable bonds is 5. The van der Waals surface area contributed by atoms with Gasteiger partial charge in [-0.3, -0.25) is 4.79 Å². The third kappa shape index (κ3) is 5.39. The Bertz CT molecular complexity index is 316. The summed E-state index contributed by atoms with van der Waals surface area (Å²) in [6, 6.07) is 7.93. The van der Waals surface area contributed by atoms with E-state index in [0.29, 0.717) is 6.54 Å². The third-order valence-electron chi connectivity index (χ3n) is 1.89. The molecule has 1 aromatic rings. The normalized spacial score (nSPS) is 9.38. The summed E-state index contributed by atoms with van der Waals surface area (Å²) >= 11 is 1.79. The lowest BCUT2D eigenvalue weighted by Gasteiger charge is -2.05. The number of nitrogens with one attached hydrogen (secondary N) is 2. The minimum Gasteiger partial charge on any atom is -0.325 e. The second-order valence-corrected chi connectivity index (χ2v) is 4.07. The molecule has 0 bridgehead atoms. The highest BCUT2D eigenvalue weighted by Gasteiger charge is 1.99. The van der Waals surface area contributed by atoms with Crippen LogP contribution < -0.4 is 10.6 Å². The maximum Gasteiger partial charge on any atom is 0.238 e. The molecule has 0 aliphatic carbocycles. The molecule has 90 valence electrons. The van der Waals surface area contributed by atoms with E-state index in [2.05, 4.69) is 16.9 Å². The van der Waals surface area contributed by atoms with Crippen LogP contribution in [0.1, 0.15) is 5.56 Å². The second-order valence-electron chi connectivity index (χ2n) is 3.21. The van der Waals surface area contributed by atoms with Crippen molar-refractivity contribution < 1.29 is 4.79 Å². The fourth-order valence-corrected chi connectivity index (χ4v) is 1.74. The van der Waals surface area contributed by atoms with Crippen LogP contribution in [0, 0.1) is 0 Å². The highest BCUT2D eigenvalue weighted by molar-refractivity contribution is 7.97. The predicted octanol–water partition coefficient (Wildman–Crippen LogP) is 2.13. The van der Waals surface area contributed by atoms with E-state index in [9.17, 15) is 4.79 Å². The van der Waals surface area contributed by atoms with Crippen molar-refractivity contribution in [1.29, 1.82) is 0 Å². The quantitative estimate of drug-likeness (QED) is 0.852. The van der Waals surface area contributed by atoms with Gasteiger partial charge in [-0.1, -0.05) is 12.1 Å². The van der Waals surface area contributed by atoms with Crippen molar-refractivity contribution in [2.75, 3.05) is 25.2 Å². The number of halogens is 1. The summed E-state index contributed by atoms with van der Waals surface area (Å²) in [6.45, 7) is 0.340. The fraction of sp³-hybridized carbons (Fsp3) is 0.364. The van der Waals surface area contributed by atoms with E-state index in [4.69, 9.17) is 0 Å². The van der Waals surface area contributed by atoms with Gasteiger partial charge in [-0.05, 0) is 31.0 Å². The number of carbonyl (C=O) groups excluding carboxylic acids is 1. The number of likely N-dealkylation sites (N-methyl/N-ethyl adjacent to an activating group) is 1. The number of hydrogen-bond donors (Lipinski definition) is 2. The minimum atomic E-state index is -0.0184. The number of benzene rings is 1. The first-order valence-corrected chi connectivity index (χ1v) is 6.18. The Morgan fingerprint density at radius 2 is 1.94 bits per heavy atom. The minimum absolute atomic E-state index is 0. The number of anilines is 1. The van der Waals surface area contributed by atoms with Gasteiger partial charge in [-0.25, -0.2) is 0 Å². The van der Waals surface area contributed by atoms with Gasteiger partial charge in [-0.15, -0.1) is 12.4 Å². The maximum absolute atomic E-state index is 11.2. The summed E-state index contributed by atoms with van der Waals surface area (Å²) in [7, 11) is 1.75. The van der Waals surface area contributed by atoms with Crippen molar-refractivity contribution in [3.8, 4) is 0 Å². The number of carbonyl (C=O) groups is 1. The predicted molar refractivity (Wildman–Crippen MR) is 73.5 cm³/mol. The molecule has 0 atom stereocenters. The Morgan fingerprint density at radius 3 is 2.44 bits per heavy atom. The van der Waals surface area contributed by atoms with E-state index in [1.165, 1.54) is 5.56 Å². The molecular formula is C11H17ClN2OS. The first-order chi connectivity index (χ1) is 7.26. The van der Waals surface area contributed by atoms with Crippen LogP contribution in [0.15, 0.2) is 24.3 Å². The number of thioether (sulfide) groups is 1. The fourth-order valence-electron chi connectivity index (χ4n) is 1.22. The van der Waals surface area contributed by atoms with Crippen LogP contribution in [-0.4, -0.2) is 25.8 Å². The molecule has 1 amide bonds. The topological polar surface area (TPSA) is 41.1 Å². The zero-order valence-electron chi connectivity index (χ0n) is 9.45. The Balaban J connectivity index is 0.00000225. The van der Waals surface area contributed by atoms with E-state index < -0.39 is 0 Å². The molecule has 16 heavy (non-hydrogen) atoms. The number of hydrogen-bond acceptors (Lipinski definition) is 3. The third-order valence-corrected chi connectivity index (χ3v) is 2.51. The maximum atomic E-state index is 11.2. The molecule has 3 nitrogen and oxygen atoms in total. The van der Waals surface area contributed by atoms with Crippen molar-refractivity contribution in [3.05, 3.63) is 29.8 Å². The summed E-state index contributed by atoms with van der Waals surface area (Å²) in [6.07, 6.45) is 2.07. The molecule has 0 spiro atoms. The Labute approximate surface area is 107 Å². The molecule has 0 fully saturated rings. The molecule has 0 aliphatic rings. The van der Waals surface area contributed by atoms with Crippen molar-refractivity contribution in [1.82, 2.24) is 5.32 Å². The zero-order valence-corrected chi connectivity index (χ0v) is 11.1. The lowest BCUT2D eigenvalue weighted by molar-refractivity contribution is -0.115. The van der Waals surface area contributed by atoms with Gasteiger partial charge in [0.1, 0.15) is 0 Å². The largest absolute Gasteiger partial charge is 0.325 e. The Morgan fingerprint density at radius 1 is 1.31 bits per heavy atom. The lowest BCUT2D eigenvalue weighted by atomic mass is 10.2. The molecule has 0 radical (unpaired) electrons. The van der Waals surface area contributed by atoms with Gasteiger partial charge in [0, 0.05) is 11.4 Å². The number of amides is 1. The van der Waals surface area contributed by atoms with Crippen molar-refractivity contribution in [2.24, 2.45) is 0 Å². The van der Waals surface area contributed by atoms with Gasteiger partial charge in [0.25, 0.3) is 0 Å². The second kappa shape index (κ2) is 8.44. The summed E-state index contributed by atoms with van der Waals surface area (Å²) in [5, 5.41) is 5.61. The van der Waals surface area contributed by atoms with Crippen molar-refractivity contribution >= 4 is 35.8 Å². The lowest BCUT2D eigenvalue weighted by Crippen LogP contribution is -2.24. The zero-order chi connectivity index (χ0) is 11.1. The first-order valence-electron chi connectivity index (χ1n) is 4.78. The van der Waals surface area contributed by atoms with Crippen LogP contribution in [0.2, 0.25) is 0 Å². The van der Waals surface area contributed by atoms with Crippen LogP contribution in [0.25, 0.3) is 0 Å². The van der Waals surface area contributed by atoms with Crippen LogP contribution in [0.5, 0.6) is 0 Å². The van der Waals surface area contributed by atoms with Crippen LogP contribution in [0.3, 0.4) is 0 Å². The summed E-state index contributed by atoms with van der Waals surface area (Å²) < 4.78 is 0. The molecule has 0 saturated carbocycles. The molecule has 0 saturated heterocycles. The summed E-state index contributed by atoms with van der Waals surface area (Å²) in [5.74, 6) is 0.986. The SMILES string of the molecule is CNCC(=O)Nc1ccc(CSC)cc1.Cl. The molecule has 5 heteroatoms. The van der Waals surface area contributed by atoms with Gasteiger partial charge in [-0.2, -0.15) is 11.8 Å². The average Bonchev–Trinajstić information content (AvgIpc) is 2.22. The van der Waals surface area contributed by atoms with Crippen LogP contribution >= 0.6 is 24.2 Å². The van der Waals surface area contributed by atoms with E-state index in [-0.39, 0.29) is 18.3 Å². The standard InChI is InChI=1S/C11H16N2OS.ClH/c1-12-7-11(14)13-10-5-3-9(4-6-10)8-15-2;/h3-6,12H,7-8H2,1-2H3,(H,13,14);1H. The van der Waals surface area contributed by atoms with Crippen LogP contribution in [0.4, 0.5) is 5.69 Å². The molecule has 0 aliphatic heterocycles. The van der Waals surface area contributed by atoms with E-state index >= 15 is 0 Å². The molecule has 1 rings (SSSR count). The molecule has 0 unspecified atom stereocenters. The van der Waals surface area contributed by atoms with E-state index in [1.54, 1.807) is 18.8 Å². The average molecular weight is 261 g/mol. The van der Waals surface area contributed by atoms with Crippen molar-refractivity contribution in [2.45, 2.75) is 5.75 Å². The van der Waals surface area contributed by atoms with Gasteiger partial charge in [0.15, 0.2) is 0 Å². The van der Waals surface area contributed by atoms with E-state index in [1.807, 2.05) is 24.3 Å². The highest BCUT2D eigenvalue weighted by atomic mass is 35.5.